The molecule has 6 heteroatoms. The van der Waals surface area contributed by atoms with E-state index < -0.39 is 16.1 Å². The Balaban J connectivity index is 2.26. The minimum atomic E-state index is -3.66. The molecule has 2 rings (SSSR count). The Labute approximate surface area is 132 Å². The van der Waals surface area contributed by atoms with Crippen molar-refractivity contribution in [2.45, 2.75) is 24.8 Å². The summed E-state index contributed by atoms with van der Waals surface area (Å²) in [6.45, 7) is 3.60. The highest BCUT2D eigenvalue weighted by Gasteiger charge is 2.20. The van der Waals surface area contributed by atoms with Gasteiger partial charge in [0, 0.05) is 10.5 Å². The summed E-state index contributed by atoms with van der Waals surface area (Å²) in [6, 6.07) is 10.3. The zero-order valence-corrected chi connectivity index (χ0v) is 14.0. The Hall–Kier alpha value is -1.24. The van der Waals surface area contributed by atoms with Gasteiger partial charge in [0.05, 0.1) is 4.90 Å². The molecule has 0 aliphatic rings. The summed E-state index contributed by atoms with van der Waals surface area (Å²) in [6.07, 6.45) is 0. The Morgan fingerprint density at radius 3 is 2.33 bits per heavy atom. The normalized spacial score (nSPS) is 13.1. The minimum absolute atomic E-state index is 0.182. The summed E-state index contributed by atoms with van der Waals surface area (Å²) >= 11 is 3.27. The van der Waals surface area contributed by atoms with E-state index in [0.717, 1.165) is 5.56 Å². The van der Waals surface area contributed by atoms with Crippen LogP contribution in [-0.4, -0.2) is 8.42 Å². The highest BCUT2D eigenvalue weighted by Crippen LogP contribution is 2.25. The number of halogens is 2. The number of hydrogen-bond donors (Lipinski definition) is 1. The average Bonchev–Trinajstić information content (AvgIpc) is 2.38. The van der Waals surface area contributed by atoms with Crippen molar-refractivity contribution in [1.29, 1.82) is 0 Å². The molecule has 0 heterocycles. The van der Waals surface area contributed by atoms with Gasteiger partial charge in [0.15, 0.2) is 0 Å². The summed E-state index contributed by atoms with van der Waals surface area (Å²) in [5, 5.41) is 0. The number of sulfonamides is 1. The zero-order valence-electron chi connectivity index (χ0n) is 11.6. The molecule has 0 bridgehead atoms. The van der Waals surface area contributed by atoms with Crippen LogP contribution in [0.4, 0.5) is 4.39 Å². The fourth-order valence-electron chi connectivity index (χ4n) is 1.94. The van der Waals surface area contributed by atoms with Crippen molar-refractivity contribution >= 4 is 26.0 Å². The lowest BCUT2D eigenvalue weighted by molar-refractivity contribution is 0.566. The largest absolute Gasteiger partial charge is 0.242 e. The average molecular weight is 372 g/mol. The van der Waals surface area contributed by atoms with Crippen LogP contribution in [0.25, 0.3) is 0 Å². The van der Waals surface area contributed by atoms with E-state index in [-0.39, 0.29) is 10.7 Å². The predicted octanol–water partition coefficient (Wildman–Crippen LogP) is 3.94. The van der Waals surface area contributed by atoms with Crippen molar-refractivity contribution in [2.75, 3.05) is 0 Å². The smallest absolute Gasteiger partial charge is 0.207 e. The van der Waals surface area contributed by atoms with Gasteiger partial charge in [-0.2, -0.15) is 0 Å². The van der Waals surface area contributed by atoms with Crippen LogP contribution < -0.4 is 4.72 Å². The first-order valence-corrected chi connectivity index (χ1v) is 8.61. The van der Waals surface area contributed by atoms with Crippen LogP contribution in [0.2, 0.25) is 0 Å². The van der Waals surface area contributed by atoms with E-state index in [1.807, 2.05) is 6.92 Å². The van der Waals surface area contributed by atoms with Gasteiger partial charge in [-0.1, -0.05) is 18.2 Å². The van der Waals surface area contributed by atoms with E-state index >= 15 is 0 Å². The lowest BCUT2D eigenvalue weighted by Gasteiger charge is -2.15. The molecule has 0 fully saturated rings. The van der Waals surface area contributed by atoms with E-state index in [2.05, 4.69) is 20.7 Å². The van der Waals surface area contributed by atoms with Gasteiger partial charge in [0.25, 0.3) is 0 Å². The number of benzene rings is 2. The van der Waals surface area contributed by atoms with Crippen LogP contribution in [0.5, 0.6) is 0 Å². The second-order valence-corrected chi connectivity index (χ2v) is 7.37. The minimum Gasteiger partial charge on any atom is -0.207 e. The van der Waals surface area contributed by atoms with Crippen molar-refractivity contribution < 1.29 is 12.8 Å². The van der Waals surface area contributed by atoms with Gasteiger partial charge in [-0.05, 0) is 65.2 Å². The molecule has 0 saturated heterocycles. The molecular formula is C15H15BrFNO2S. The Morgan fingerprint density at radius 1 is 1.14 bits per heavy atom. The quantitative estimate of drug-likeness (QED) is 0.884. The number of rotatable bonds is 4. The molecule has 1 N–H and O–H groups in total. The molecule has 0 aromatic heterocycles. The summed E-state index contributed by atoms with van der Waals surface area (Å²) < 4.78 is 40.8. The summed E-state index contributed by atoms with van der Waals surface area (Å²) in [5.74, 6) is -0.352. The molecule has 1 unspecified atom stereocenters. The third-order valence-corrected chi connectivity index (χ3v) is 5.60. The van der Waals surface area contributed by atoms with E-state index in [1.54, 1.807) is 37.3 Å². The van der Waals surface area contributed by atoms with Gasteiger partial charge < -0.3 is 0 Å². The predicted molar refractivity (Wildman–Crippen MR) is 84.0 cm³/mol. The van der Waals surface area contributed by atoms with Crippen LogP contribution in [0.3, 0.4) is 0 Å². The van der Waals surface area contributed by atoms with Gasteiger partial charge in [0.2, 0.25) is 10.0 Å². The van der Waals surface area contributed by atoms with E-state index in [9.17, 15) is 12.8 Å². The fraction of sp³-hybridized carbons (Fsp3) is 0.200. The van der Waals surface area contributed by atoms with E-state index in [4.69, 9.17) is 0 Å². The topological polar surface area (TPSA) is 46.2 Å². The third kappa shape index (κ3) is 3.90. The summed E-state index contributed by atoms with van der Waals surface area (Å²) in [5.41, 5.74) is 1.66. The molecule has 2 aromatic carbocycles. The maximum atomic E-state index is 12.9. The number of hydrogen-bond acceptors (Lipinski definition) is 2. The molecule has 0 aliphatic heterocycles. The molecule has 1 atom stereocenters. The van der Waals surface area contributed by atoms with Crippen LogP contribution >= 0.6 is 15.9 Å². The van der Waals surface area contributed by atoms with Crippen molar-refractivity contribution in [1.82, 2.24) is 4.72 Å². The molecule has 0 amide bonds. The fourth-order valence-corrected chi connectivity index (χ4v) is 4.36. The summed E-state index contributed by atoms with van der Waals surface area (Å²) in [7, 11) is -3.66. The van der Waals surface area contributed by atoms with E-state index in [1.165, 1.54) is 12.1 Å². The SMILES string of the molecule is Cc1ccc(S(=O)(=O)NC(C)c2ccc(F)cc2)c(Br)c1. The maximum absolute atomic E-state index is 12.9. The molecule has 2 aromatic rings. The first-order chi connectivity index (χ1) is 9.79. The third-order valence-electron chi connectivity index (χ3n) is 3.08. The molecule has 0 saturated carbocycles. The Kier molecular flexibility index (Phi) is 4.81. The van der Waals surface area contributed by atoms with Gasteiger partial charge in [-0.3, -0.25) is 0 Å². The standard InChI is InChI=1S/C15H15BrFNO2S/c1-10-3-8-15(14(16)9-10)21(19,20)18-11(2)12-4-6-13(17)7-5-12/h3-9,11,18H,1-2H3. The highest BCUT2D eigenvalue weighted by molar-refractivity contribution is 9.10. The van der Waals surface area contributed by atoms with Crippen molar-refractivity contribution in [3.8, 4) is 0 Å². The molecule has 3 nitrogen and oxygen atoms in total. The van der Waals surface area contributed by atoms with Gasteiger partial charge >= 0.3 is 0 Å². The highest BCUT2D eigenvalue weighted by atomic mass is 79.9. The molecule has 0 radical (unpaired) electrons. The van der Waals surface area contributed by atoms with Crippen molar-refractivity contribution in [2.24, 2.45) is 0 Å². The Bertz CT molecular complexity index is 745. The molecular weight excluding hydrogens is 357 g/mol. The molecule has 0 aliphatic carbocycles. The number of nitrogens with one attached hydrogen (secondary N) is 1. The second kappa shape index (κ2) is 6.25. The molecule has 21 heavy (non-hydrogen) atoms. The maximum Gasteiger partial charge on any atom is 0.242 e. The van der Waals surface area contributed by atoms with Gasteiger partial charge in [-0.15, -0.1) is 0 Å². The van der Waals surface area contributed by atoms with Gasteiger partial charge in [0.1, 0.15) is 5.82 Å². The van der Waals surface area contributed by atoms with Gasteiger partial charge in [-0.25, -0.2) is 17.5 Å². The summed E-state index contributed by atoms with van der Waals surface area (Å²) in [4.78, 5) is 0.182. The molecule has 0 spiro atoms. The van der Waals surface area contributed by atoms with E-state index in [0.29, 0.717) is 10.0 Å². The first kappa shape index (κ1) is 16.1. The van der Waals surface area contributed by atoms with Crippen LogP contribution in [0.1, 0.15) is 24.1 Å². The lowest BCUT2D eigenvalue weighted by Crippen LogP contribution is -2.27. The monoisotopic (exact) mass is 371 g/mol. The lowest BCUT2D eigenvalue weighted by atomic mass is 10.1. The molecule has 112 valence electrons. The van der Waals surface area contributed by atoms with Crippen LogP contribution in [0, 0.1) is 12.7 Å². The second-order valence-electron chi connectivity index (χ2n) is 4.83. The first-order valence-electron chi connectivity index (χ1n) is 6.33. The van der Waals surface area contributed by atoms with Crippen molar-refractivity contribution in [3.05, 3.63) is 63.9 Å². The van der Waals surface area contributed by atoms with Crippen LogP contribution in [0.15, 0.2) is 51.8 Å². The number of aryl methyl sites for hydroxylation is 1. The Morgan fingerprint density at radius 2 is 1.76 bits per heavy atom. The zero-order chi connectivity index (χ0) is 15.6. The van der Waals surface area contributed by atoms with Crippen LogP contribution in [-0.2, 0) is 10.0 Å². The van der Waals surface area contributed by atoms with Crippen molar-refractivity contribution in [3.63, 3.8) is 0 Å².